The van der Waals surface area contributed by atoms with Crippen LogP contribution in [0.3, 0.4) is 0 Å². The zero-order valence-electron chi connectivity index (χ0n) is 16.8. The van der Waals surface area contributed by atoms with Gasteiger partial charge in [0.05, 0.1) is 24.7 Å². The zero-order chi connectivity index (χ0) is 20.1. The molecule has 0 amide bonds. The van der Waals surface area contributed by atoms with Crippen LogP contribution in [0, 0.1) is 0 Å². The third-order valence-corrected chi connectivity index (χ3v) is 6.44. The quantitative estimate of drug-likeness (QED) is 0.537. The van der Waals surface area contributed by atoms with Crippen molar-refractivity contribution in [3.63, 3.8) is 0 Å². The van der Waals surface area contributed by atoms with Gasteiger partial charge in [0.25, 0.3) is 0 Å². The molecule has 30 heavy (non-hydrogen) atoms. The first kappa shape index (κ1) is 17.6. The van der Waals surface area contributed by atoms with Crippen molar-refractivity contribution < 1.29 is 9.47 Å². The Kier molecular flexibility index (Phi) is 3.92. The van der Waals surface area contributed by atoms with Crippen LogP contribution >= 0.6 is 0 Å². The van der Waals surface area contributed by atoms with Crippen molar-refractivity contribution in [1.29, 1.82) is 0 Å². The van der Waals surface area contributed by atoms with Crippen LogP contribution in [0.15, 0.2) is 31.0 Å². The largest absolute Gasteiger partial charge is 0.480 e. The molecule has 9 nitrogen and oxygen atoms in total. The smallest absolute Gasteiger partial charge is 0.233 e. The van der Waals surface area contributed by atoms with Crippen LogP contribution in [-0.2, 0) is 4.74 Å². The van der Waals surface area contributed by atoms with Crippen molar-refractivity contribution in [3.05, 3.63) is 31.0 Å². The van der Waals surface area contributed by atoms with Gasteiger partial charge in [0.2, 0.25) is 17.6 Å². The molecule has 0 radical (unpaired) electrons. The Balaban J connectivity index is 1.31. The van der Waals surface area contributed by atoms with Crippen molar-refractivity contribution in [2.75, 3.05) is 19.0 Å². The number of rotatable bonds is 4. The van der Waals surface area contributed by atoms with Crippen LogP contribution in [0.1, 0.15) is 32.1 Å². The summed E-state index contributed by atoms with van der Waals surface area (Å²) < 4.78 is 13.4. The van der Waals surface area contributed by atoms with Crippen molar-refractivity contribution in [2.45, 2.75) is 43.7 Å². The first-order valence-corrected chi connectivity index (χ1v) is 10.4. The van der Waals surface area contributed by atoms with E-state index in [0.717, 1.165) is 54.5 Å². The highest BCUT2D eigenvalue weighted by Gasteiger charge is 2.41. The Labute approximate surface area is 172 Å². The minimum absolute atomic E-state index is 0.152. The third kappa shape index (κ3) is 2.80. The van der Waals surface area contributed by atoms with Gasteiger partial charge >= 0.3 is 0 Å². The number of fused-ring (bicyclic) bond motifs is 2. The Bertz CT molecular complexity index is 1220. The summed E-state index contributed by atoms with van der Waals surface area (Å²) in [5.41, 5.74) is 2.77. The first-order valence-electron chi connectivity index (χ1n) is 10.4. The first-order chi connectivity index (χ1) is 14.7. The summed E-state index contributed by atoms with van der Waals surface area (Å²) in [7, 11) is 1.64. The second-order valence-corrected chi connectivity index (χ2v) is 8.16. The van der Waals surface area contributed by atoms with E-state index < -0.39 is 0 Å². The Morgan fingerprint density at radius 3 is 2.87 bits per heavy atom. The van der Waals surface area contributed by atoms with Gasteiger partial charge in [0.15, 0.2) is 0 Å². The molecular weight excluding hydrogens is 382 g/mol. The maximum atomic E-state index is 5.82. The molecule has 1 aliphatic carbocycles. The molecule has 2 aliphatic rings. The van der Waals surface area contributed by atoms with Crippen molar-refractivity contribution in [3.8, 4) is 17.0 Å². The molecular formula is C21H23N7O2. The third-order valence-electron chi connectivity index (χ3n) is 6.44. The fourth-order valence-electron chi connectivity index (χ4n) is 4.65. The number of nitrogens with zero attached hydrogens (tertiary/aromatic N) is 5. The van der Waals surface area contributed by atoms with Crippen molar-refractivity contribution in [2.24, 2.45) is 0 Å². The minimum Gasteiger partial charge on any atom is -0.480 e. The summed E-state index contributed by atoms with van der Waals surface area (Å²) in [4.78, 5) is 21.3. The lowest BCUT2D eigenvalue weighted by Gasteiger charge is -2.46. The summed E-state index contributed by atoms with van der Waals surface area (Å²) in [6.45, 7) is 0.910. The minimum atomic E-state index is 0.152. The molecule has 1 saturated carbocycles. The van der Waals surface area contributed by atoms with Crippen LogP contribution in [0.25, 0.3) is 27.9 Å². The average molecular weight is 405 g/mol. The predicted molar refractivity (Wildman–Crippen MR) is 112 cm³/mol. The maximum Gasteiger partial charge on any atom is 0.233 e. The fraction of sp³-hybridized carbons (Fsp3) is 0.429. The van der Waals surface area contributed by atoms with Gasteiger partial charge in [-0.3, -0.25) is 4.40 Å². The van der Waals surface area contributed by atoms with Gasteiger partial charge in [0, 0.05) is 48.2 Å². The van der Waals surface area contributed by atoms with Crippen molar-refractivity contribution >= 4 is 22.8 Å². The summed E-state index contributed by atoms with van der Waals surface area (Å²) in [6.07, 6.45) is 14.8. The molecule has 5 heterocycles. The van der Waals surface area contributed by atoms with E-state index in [1.54, 1.807) is 19.5 Å². The molecule has 154 valence electrons. The molecule has 0 bridgehead atoms. The highest BCUT2D eigenvalue weighted by atomic mass is 16.5. The number of imidazole rings is 1. The highest BCUT2D eigenvalue weighted by Crippen LogP contribution is 2.41. The van der Waals surface area contributed by atoms with E-state index in [9.17, 15) is 0 Å². The van der Waals surface area contributed by atoms with E-state index in [2.05, 4.69) is 25.3 Å². The summed E-state index contributed by atoms with van der Waals surface area (Å²) >= 11 is 0. The molecule has 0 atom stereocenters. The van der Waals surface area contributed by atoms with Crippen LogP contribution in [0.2, 0.25) is 0 Å². The molecule has 1 aliphatic heterocycles. The van der Waals surface area contributed by atoms with Gasteiger partial charge in [-0.15, -0.1) is 0 Å². The average Bonchev–Trinajstić information content (AvgIpc) is 3.39. The molecule has 0 unspecified atom stereocenters. The second kappa shape index (κ2) is 6.66. The molecule has 4 aromatic rings. The van der Waals surface area contributed by atoms with Crippen molar-refractivity contribution in [1.82, 2.24) is 29.3 Å². The lowest BCUT2D eigenvalue weighted by Crippen LogP contribution is -2.48. The molecule has 9 heteroatoms. The van der Waals surface area contributed by atoms with Crippen LogP contribution < -0.4 is 10.1 Å². The SMILES string of the molecule is COc1nc(N[C@H]2CC[C@@]3(CCO3)CC2)nc2[nH]cc(-c3cnc4nccn4c3)c12. The Hall–Kier alpha value is -3.20. The van der Waals surface area contributed by atoms with Crippen LogP contribution in [-0.4, -0.2) is 54.7 Å². The molecule has 2 fully saturated rings. The summed E-state index contributed by atoms with van der Waals surface area (Å²) in [5.74, 6) is 1.79. The lowest BCUT2D eigenvalue weighted by atomic mass is 9.77. The standard InChI is InChI=1S/C21H23N7O2/c1-29-18-16-15(13-10-24-20-22-7-8-28(20)12-13)11-23-17(16)26-19(27-18)25-14-2-4-21(5-3-14)6-9-30-21/h7-8,10-12,14H,2-6,9H2,1H3,(H2,23,25,26,27)/t14-,21-. The van der Waals surface area contributed by atoms with Gasteiger partial charge in [-0.05, 0) is 32.1 Å². The number of aromatic nitrogens is 6. The molecule has 6 rings (SSSR count). The number of ether oxygens (including phenoxy) is 2. The van der Waals surface area contributed by atoms with Gasteiger partial charge in [-0.2, -0.15) is 9.97 Å². The number of aromatic amines is 1. The molecule has 1 spiro atoms. The number of H-pyrrole nitrogens is 1. The highest BCUT2D eigenvalue weighted by molar-refractivity contribution is 5.97. The molecule has 1 saturated heterocycles. The van der Waals surface area contributed by atoms with Gasteiger partial charge < -0.3 is 19.8 Å². The number of hydrogen-bond acceptors (Lipinski definition) is 7. The lowest BCUT2D eigenvalue weighted by molar-refractivity contribution is -0.165. The summed E-state index contributed by atoms with van der Waals surface area (Å²) in [5, 5.41) is 4.34. The van der Waals surface area contributed by atoms with Gasteiger partial charge in [-0.25, -0.2) is 9.97 Å². The summed E-state index contributed by atoms with van der Waals surface area (Å²) in [6, 6.07) is 0.351. The van der Waals surface area contributed by atoms with E-state index in [4.69, 9.17) is 14.5 Å². The normalized spacial score (nSPS) is 23.7. The van der Waals surface area contributed by atoms with E-state index in [1.807, 2.05) is 23.0 Å². The van der Waals surface area contributed by atoms with E-state index in [1.165, 1.54) is 6.42 Å². The number of anilines is 1. The van der Waals surface area contributed by atoms with Gasteiger partial charge in [-0.1, -0.05) is 0 Å². The predicted octanol–water partition coefficient (Wildman–Crippen LogP) is 3.19. The van der Waals surface area contributed by atoms with E-state index >= 15 is 0 Å². The molecule has 2 N–H and O–H groups in total. The maximum absolute atomic E-state index is 5.82. The van der Waals surface area contributed by atoms with E-state index in [0.29, 0.717) is 23.6 Å². The molecule has 4 aromatic heterocycles. The monoisotopic (exact) mass is 405 g/mol. The zero-order valence-corrected chi connectivity index (χ0v) is 16.8. The van der Waals surface area contributed by atoms with E-state index in [-0.39, 0.29) is 5.60 Å². The number of hydrogen-bond donors (Lipinski definition) is 2. The molecule has 0 aromatic carbocycles. The van der Waals surface area contributed by atoms with Crippen LogP contribution in [0.4, 0.5) is 5.95 Å². The Morgan fingerprint density at radius 1 is 1.23 bits per heavy atom. The number of methoxy groups -OCH3 is 1. The number of nitrogens with one attached hydrogen (secondary N) is 2. The van der Waals surface area contributed by atoms with Crippen LogP contribution in [0.5, 0.6) is 5.88 Å². The topological polar surface area (TPSA) is 102 Å². The Morgan fingerprint density at radius 2 is 2.10 bits per heavy atom. The second-order valence-electron chi connectivity index (χ2n) is 8.16. The fourth-order valence-corrected chi connectivity index (χ4v) is 4.65. The van der Waals surface area contributed by atoms with Gasteiger partial charge in [0.1, 0.15) is 5.65 Å².